The van der Waals surface area contributed by atoms with Gasteiger partial charge in [-0.3, -0.25) is 9.59 Å². The minimum atomic E-state index is -0.799. The number of para-hydroxylation sites is 2. The van der Waals surface area contributed by atoms with Gasteiger partial charge < -0.3 is 4.57 Å². The van der Waals surface area contributed by atoms with Gasteiger partial charge in [0.2, 0.25) is 11.4 Å². The molecular weight excluding hydrogens is 492 g/mol. The van der Waals surface area contributed by atoms with Crippen molar-refractivity contribution in [3.63, 3.8) is 0 Å². The van der Waals surface area contributed by atoms with Gasteiger partial charge in [-0.05, 0) is 50.6 Å². The third-order valence-corrected chi connectivity index (χ3v) is 8.41. The first-order chi connectivity index (χ1) is 19.4. The zero-order valence-corrected chi connectivity index (χ0v) is 23.0. The van der Waals surface area contributed by atoms with Crippen LogP contribution in [-0.2, 0) is 9.59 Å². The number of aryl methyl sites for hydroxylation is 2. The lowest BCUT2D eigenvalue weighted by Crippen LogP contribution is -2.40. The van der Waals surface area contributed by atoms with E-state index in [4.69, 9.17) is 0 Å². The normalized spacial score (nSPS) is 16.6. The van der Waals surface area contributed by atoms with Crippen molar-refractivity contribution in [1.29, 1.82) is 0 Å². The maximum absolute atomic E-state index is 14.1. The highest BCUT2D eigenvalue weighted by atomic mass is 16.2. The first-order valence-corrected chi connectivity index (χ1v) is 13.7. The summed E-state index contributed by atoms with van der Waals surface area (Å²) in [6.07, 6.45) is 0. The summed E-state index contributed by atoms with van der Waals surface area (Å²) >= 11 is 0. The number of carbonyl (C=O) groups is 2. The van der Waals surface area contributed by atoms with Crippen LogP contribution in [-0.4, -0.2) is 21.8 Å². The van der Waals surface area contributed by atoms with Crippen molar-refractivity contribution >= 4 is 45.1 Å². The Bertz CT molecular complexity index is 1930. The van der Waals surface area contributed by atoms with Crippen LogP contribution in [0, 0.1) is 20.8 Å². The van der Waals surface area contributed by atoms with E-state index in [1.165, 1.54) is 11.1 Å². The predicted molar refractivity (Wildman–Crippen MR) is 162 cm³/mol. The Labute approximate surface area is 233 Å². The van der Waals surface area contributed by atoms with Gasteiger partial charge in [0.1, 0.15) is 5.92 Å². The first-order valence-electron chi connectivity index (χ1n) is 13.7. The highest BCUT2D eigenvalue weighted by Gasteiger charge is 2.52. The van der Waals surface area contributed by atoms with Crippen LogP contribution >= 0.6 is 0 Å². The smallest absolute Gasteiger partial charge is 0.219 e. The third kappa shape index (κ3) is 3.35. The zero-order chi connectivity index (χ0) is 27.7. The van der Waals surface area contributed by atoms with Crippen LogP contribution in [0.5, 0.6) is 0 Å². The number of nitrogens with zero attached hydrogens (tertiary/aromatic N) is 2. The zero-order valence-electron chi connectivity index (χ0n) is 23.0. The quantitative estimate of drug-likeness (QED) is 0.106. The van der Waals surface area contributed by atoms with E-state index >= 15 is 0 Å². The molecule has 7 rings (SSSR count). The summed E-state index contributed by atoms with van der Waals surface area (Å²) in [6, 6.07) is 32.8. The van der Waals surface area contributed by atoms with Gasteiger partial charge in [-0.1, -0.05) is 65.7 Å². The van der Waals surface area contributed by atoms with Crippen molar-refractivity contribution in [3.8, 4) is 5.69 Å². The van der Waals surface area contributed by atoms with Crippen molar-refractivity contribution in [1.82, 2.24) is 9.14 Å². The number of aromatic nitrogens is 1. The van der Waals surface area contributed by atoms with Crippen LogP contribution in [0.25, 0.3) is 22.2 Å². The third-order valence-electron chi connectivity index (χ3n) is 8.41. The number of rotatable bonds is 3. The lowest BCUT2D eigenvalue weighted by atomic mass is 9.69. The molecule has 1 aliphatic carbocycles. The van der Waals surface area contributed by atoms with Gasteiger partial charge in [0, 0.05) is 41.9 Å². The Morgan fingerprint density at radius 3 is 1.95 bits per heavy atom. The minimum absolute atomic E-state index is 0.102. The van der Waals surface area contributed by atoms with Crippen molar-refractivity contribution in [3.05, 3.63) is 131 Å². The number of ketones is 2. The molecule has 0 N–H and O–H groups in total. The van der Waals surface area contributed by atoms with E-state index < -0.39 is 5.92 Å². The van der Waals surface area contributed by atoms with Gasteiger partial charge in [-0.25, -0.2) is 0 Å². The van der Waals surface area contributed by atoms with Crippen molar-refractivity contribution in [2.45, 2.75) is 33.6 Å². The fourth-order valence-corrected chi connectivity index (χ4v) is 6.45. The lowest BCUT2D eigenvalue weighted by molar-refractivity contribution is -0.133. The van der Waals surface area contributed by atoms with Gasteiger partial charge in [0.15, 0.2) is 17.3 Å². The molecule has 0 spiro atoms. The molecule has 1 aromatic heterocycles. The summed E-state index contributed by atoms with van der Waals surface area (Å²) in [4.78, 5) is 28.1. The van der Waals surface area contributed by atoms with Gasteiger partial charge in [0.25, 0.3) is 0 Å². The van der Waals surface area contributed by atoms with E-state index in [0.717, 1.165) is 56.1 Å². The van der Waals surface area contributed by atoms with Gasteiger partial charge in [0.05, 0.1) is 22.2 Å². The molecule has 0 atom stereocenters. The highest BCUT2D eigenvalue weighted by molar-refractivity contribution is 6.51. The minimum Gasteiger partial charge on any atom is -0.314 e. The molecule has 4 nitrogen and oxygen atoms in total. The second-order valence-corrected chi connectivity index (χ2v) is 10.9. The van der Waals surface area contributed by atoms with E-state index in [2.05, 4.69) is 83.7 Å². The molecule has 1 aliphatic heterocycles. The molecule has 0 saturated heterocycles. The van der Waals surface area contributed by atoms with Gasteiger partial charge >= 0.3 is 0 Å². The fraction of sp³-hybridized carbons (Fsp3) is 0.139. The lowest BCUT2D eigenvalue weighted by Gasteiger charge is -2.28. The van der Waals surface area contributed by atoms with Crippen molar-refractivity contribution < 1.29 is 9.59 Å². The Morgan fingerprint density at radius 1 is 0.650 bits per heavy atom. The molecule has 2 aliphatic rings. The first kappa shape index (κ1) is 24.2. The molecule has 40 heavy (non-hydrogen) atoms. The van der Waals surface area contributed by atoms with E-state index in [1.807, 2.05) is 50.2 Å². The molecule has 2 heterocycles. The summed E-state index contributed by atoms with van der Waals surface area (Å²) in [6.45, 7) is 8.15. The average molecular weight is 522 g/mol. The van der Waals surface area contributed by atoms with Gasteiger partial charge in [-0.15, -0.1) is 0 Å². The maximum Gasteiger partial charge on any atom is 0.219 e. The second-order valence-electron chi connectivity index (χ2n) is 10.9. The van der Waals surface area contributed by atoms with Crippen LogP contribution in [0.15, 0.2) is 103 Å². The van der Waals surface area contributed by atoms with Crippen molar-refractivity contribution in [2.24, 2.45) is 0 Å². The Balaban J connectivity index is 1.39. The molecule has 0 unspecified atom stereocenters. The molecule has 0 bridgehead atoms. The van der Waals surface area contributed by atoms with Crippen LogP contribution < -0.4 is 4.58 Å². The number of Topliss-reactive ketones (excluding diaryl/α,β-unsaturated/α-hetero) is 2. The Kier molecular flexibility index (Phi) is 5.36. The highest BCUT2D eigenvalue weighted by Crippen LogP contribution is 2.47. The fourth-order valence-electron chi connectivity index (χ4n) is 6.45. The summed E-state index contributed by atoms with van der Waals surface area (Å²) < 4.78 is 4.32. The van der Waals surface area contributed by atoms with E-state index in [9.17, 15) is 9.59 Å². The number of hydrogen-bond donors (Lipinski definition) is 0. The van der Waals surface area contributed by atoms with Crippen LogP contribution in [0.2, 0.25) is 0 Å². The number of benzene rings is 4. The van der Waals surface area contributed by atoms with E-state index in [0.29, 0.717) is 5.57 Å². The summed E-state index contributed by atoms with van der Waals surface area (Å²) in [5.74, 6) is -1.00. The predicted octanol–water partition coefficient (Wildman–Crippen LogP) is 7.55. The van der Waals surface area contributed by atoms with Crippen LogP contribution in [0.3, 0.4) is 0 Å². The number of carbonyl (C=O) groups excluding carboxylic acids is 2. The van der Waals surface area contributed by atoms with Crippen LogP contribution in [0.4, 0.5) is 11.4 Å². The van der Waals surface area contributed by atoms with E-state index in [-0.39, 0.29) is 11.6 Å². The Hall–Kier alpha value is -4.83. The number of allylic oxidation sites excluding steroid dienone is 2. The summed E-state index contributed by atoms with van der Waals surface area (Å²) in [5, 5.41) is 0.949. The second kappa shape index (κ2) is 8.85. The molecule has 4 aromatic carbocycles. The molecular formula is C36H29N2O2+. The van der Waals surface area contributed by atoms with E-state index in [1.54, 1.807) is 0 Å². The Morgan fingerprint density at radius 2 is 1.25 bits per heavy atom. The SMILES string of the molecule is CC1=[N+](c2ccc(C)cc2)c2ccccc2C1=C1C(=O)C(c2c(C)n(-c3ccc(C)cc3)c3ccccc23)C1=O. The molecule has 194 valence electrons. The molecule has 1 saturated carbocycles. The average Bonchev–Trinajstić information content (AvgIpc) is 3.41. The standard InChI is InChI=1S/C36H29N2O2/c1-21-13-17-25(18-14-21)37-23(3)31(27-9-5-7-11-29(27)37)33-35(39)34(36(33)40)32-24(4)38(26-19-15-22(2)16-20-26)30-12-8-6-10-28(30)32/h5-20,33H,1-4H3/q+1. The van der Waals surface area contributed by atoms with Crippen molar-refractivity contribution in [2.75, 3.05) is 0 Å². The monoisotopic (exact) mass is 521 g/mol. The summed E-state index contributed by atoms with van der Waals surface area (Å²) in [5.41, 5.74) is 11.0. The molecule has 1 fully saturated rings. The van der Waals surface area contributed by atoms with Crippen LogP contribution in [0.1, 0.15) is 40.8 Å². The van der Waals surface area contributed by atoms with Gasteiger partial charge in [-0.2, -0.15) is 4.58 Å². The molecule has 4 heteroatoms. The molecule has 5 aromatic rings. The number of hydrogen-bond acceptors (Lipinski definition) is 2. The largest absolute Gasteiger partial charge is 0.314 e. The molecule has 0 radical (unpaired) electrons. The maximum atomic E-state index is 14.1. The summed E-state index contributed by atoms with van der Waals surface area (Å²) in [7, 11) is 0. The molecule has 0 amide bonds. The topological polar surface area (TPSA) is 42.1 Å². The number of fused-ring (bicyclic) bond motifs is 2.